The highest BCUT2D eigenvalue weighted by Crippen LogP contribution is 2.26. The van der Waals surface area contributed by atoms with E-state index in [2.05, 4.69) is 25.9 Å². The minimum Gasteiger partial charge on any atom is -0.478 e. The molecular weight excluding hydrogens is 340 g/mol. The second-order valence-corrected chi connectivity index (χ2v) is 5.64. The van der Waals surface area contributed by atoms with Gasteiger partial charge in [-0.05, 0) is 19.1 Å². The van der Waals surface area contributed by atoms with E-state index >= 15 is 0 Å². The average molecular weight is 355 g/mol. The zero-order valence-electron chi connectivity index (χ0n) is 12.2. The number of rotatable bonds is 4. The molecule has 110 valence electrons. The summed E-state index contributed by atoms with van der Waals surface area (Å²) in [6.45, 7) is 2.52. The third-order valence-corrected chi connectivity index (χ3v) is 3.70. The van der Waals surface area contributed by atoms with Gasteiger partial charge in [-0.15, -0.1) is 0 Å². The topological polar surface area (TPSA) is 35.0 Å². The van der Waals surface area contributed by atoms with E-state index in [0.29, 0.717) is 18.3 Å². The minimum atomic E-state index is 0.574. The number of hydrogen-bond acceptors (Lipinski definition) is 3. The van der Waals surface area contributed by atoms with E-state index in [4.69, 9.17) is 4.74 Å². The van der Waals surface area contributed by atoms with Crippen LogP contribution in [0.3, 0.4) is 0 Å². The molecule has 2 aromatic carbocycles. The SMILES string of the molecule is CCOc1cc(-c2ccccc2)nc(-c2ccc(Br)cc2)n1. The lowest BCUT2D eigenvalue weighted by Crippen LogP contribution is -1.99. The first-order valence-corrected chi connectivity index (χ1v) is 7.89. The van der Waals surface area contributed by atoms with Crippen molar-refractivity contribution in [3.05, 3.63) is 65.1 Å². The lowest BCUT2D eigenvalue weighted by molar-refractivity contribution is 0.327. The van der Waals surface area contributed by atoms with Crippen molar-refractivity contribution in [1.29, 1.82) is 0 Å². The molecule has 0 spiro atoms. The lowest BCUT2D eigenvalue weighted by atomic mass is 10.1. The predicted octanol–water partition coefficient (Wildman–Crippen LogP) is 4.97. The maximum absolute atomic E-state index is 5.59. The average Bonchev–Trinajstić information content (AvgIpc) is 2.56. The van der Waals surface area contributed by atoms with Crippen LogP contribution < -0.4 is 4.74 Å². The summed E-state index contributed by atoms with van der Waals surface area (Å²) in [7, 11) is 0. The monoisotopic (exact) mass is 354 g/mol. The van der Waals surface area contributed by atoms with Gasteiger partial charge in [0.2, 0.25) is 5.88 Å². The molecule has 0 unspecified atom stereocenters. The summed E-state index contributed by atoms with van der Waals surface area (Å²) in [5, 5.41) is 0. The molecule has 1 aromatic heterocycles. The number of halogens is 1. The van der Waals surface area contributed by atoms with Crippen molar-refractivity contribution in [1.82, 2.24) is 9.97 Å². The highest BCUT2D eigenvalue weighted by Gasteiger charge is 2.09. The Hall–Kier alpha value is -2.20. The third kappa shape index (κ3) is 3.34. The maximum Gasteiger partial charge on any atom is 0.217 e. The van der Waals surface area contributed by atoms with Crippen molar-refractivity contribution in [3.8, 4) is 28.5 Å². The first kappa shape index (κ1) is 14.7. The number of benzene rings is 2. The molecule has 0 aliphatic heterocycles. The van der Waals surface area contributed by atoms with Crippen LogP contribution in [-0.4, -0.2) is 16.6 Å². The van der Waals surface area contributed by atoms with Crippen LogP contribution in [0.2, 0.25) is 0 Å². The summed E-state index contributed by atoms with van der Waals surface area (Å²) in [5.74, 6) is 1.26. The Bertz CT molecular complexity index is 758. The van der Waals surface area contributed by atoms with Crippen LogP contribution in [0.4, 0.5) is 0 Å². The molecule has 22 heavy (non-hydrogen) atoms. The van der Waals surface area contributed by atoms with E-state index in [0.717, 1.165) is 21.3 Å². The van der Waals surface area contributed by atoms with Crippen molar-refractivity contribution >= 4 is 15.9 Å². The molecule has 0 amide bonds. The molecule has 4 heteroatoms. The molecule has 0 N–H and O–H groups in total. The molecule has 0 aliphatic rings. The Balaban J connectivity index is 2.09. The Morgan fingerprint density at radius 1 is 0.909 bits per heavy atom. The summed E-state index contributed by atoms with van der Waals surface area (Å²) in [6, 6.07) is 19.9. The van der Waals surface area contributed by atoms with Crippen LogP contribution in [0.15, 0.2) is 65.1 Å². The number of nitrogens with zero attached hydrogens (tertiary/aromatic N) is 2. The molecule has 3 nitrogen and oxygen atoms in total. The normalized spacial score (nSPS) is 10.5. The first-order valence-electron chi connectivity index (χ1n) is 7.09. The number of ether oxygens (including phenoxy) is 1. The van der Waals surface area contributed by atoms with Crippen LogP contribution in [0, 0.1) is 0 Å². The number of hydrogen-bond donors (Lipinski definition) is 0. The summed E-state index contributed by atoms with van der Waals surface area (Å²) in [6.07, 6.45) is 0. The second-order valence-electron chi connectivity index (χ2n) is 4.72. The van der Waals surface area contributed by atoms with Crippen molar-refractivity contribution < 1.29 is 4.74 Å². The fourth-order valence-electron chi connectivity index (χ4n) is 2.13. The van der Waals surface area contributed by atoms with Gasteiger partial charge in [-0.3, -0.25) is 0 Å². The van der Waals surface area contributed by atoms with E-state index in [9.17, 15) is 0 Å². The van der Waals surface area contributed by atoms with E-state index < -0.39 is 0 Å². The maximum atomic E-state index is 5.59. The van der Waals surface area contributed by atoms with Gasteiger partial charge in [0.25, 0.3) is 0 Å². The Labute approximate surface area is 138 Å². The van der Waals surface area contributed by atoms with Gasteiger partial charge < -0.3 is 4.74 Å². The quantitative estimate of drug-likeness (QED) is 0.663. The van der Waals surface area contributed by atoms with E-state index in [-0.39, 0.29) is 0 Å². The zero-order valence-corrected chi connectivity index (χ0v) is 13.7. The molecule has 0 saturated heterocycles. The highest BCUT2D eigenvalue weighted by molar-refractivity contribution is 9.10. The molecule has 0 atom stereocenters. The zero-order chi connectivity index (χ0) is 15.4. The van der Waals surface area contributed by atoms with Gasteiger partial charge in [-0.25, -0.2) is 4.98 Å². The molecule has 0 radical (unpaired) electrons. The lowest BCUT2D eigenvalue weighted by Gasteiger charge is -2.09. The van der Waals surface area contributed by atoms with Gasteiger partial charge in [0.1, 0.15) is 0 Å². The summed E-state index contributed by atoms with van der Waals surface area (Å²) in [4.78, 5) is 9.18. The fraction of sp³-hybridized carbons (Fsp3) is 0.111. The van der Waals surface area contributed by atoms with Gasteiger partial charge in [-0.1, -0.05) is 58.4 Å². The second kappa shape index (κ2) is 6.71. The van der Waals surface area contributed by atoms with Crippen LogP contribution in [0.5, 0.6) is 5.88 Å². The van der Waals surface area contributed by atoms with E-state index in [1.54, 1.807) is 0 Å². The first-order chi connectivity index (χ1) is 10.8. The molecule has 0 bridgehead atoms. The van der Waals surface area contributed by atoms with Gasteiger partial charge in [0.15, 0.2) is 5.82 Å². The van der Waals surface area contributed by atoms with Gasteiger partial charge in [0, 0.05) is 21.7 Å². The van der Waals surface area contributed by atoms with Crippen LogP contribution >= 0.6 is 15.9 Å². The molecule has 3 rings (SSSR count). The summed E-state index contributed by atoms with van der Waals surface area (Å²) < 4.78 is 6.62. The molecular formula is C18H15BrN2O. The molecule has 0 aliphatic carbocycles. The Morgan fingerprint density at radius 2 is 1.64 bits per heavy atom. The molecule has 0 fully saturated rings. The molecule has 0 saturated carbocycles. The van der Waals surface area contributed by atoms with Crippen molar-refractivity contribution in [3.63, 3.8) is 0 Å². The van der Waals surface area contributed by atoms with Gasteiger partial charge in [0.05, 0.1) is 12.3 Å². The summed E-state index contributed by atoms with van der Waals surface area (Å²) in [5.41, 5.74) is 2.86. The van der Waals surface area contributed by atoms with Crippen LogP contribution in [0.1, 0.15) is 6.92 Å². The van der Waals surface area contributed by atoms with Crippen molar-refractivity contribution in [2.45, 2.75) is 6.92 Å². The standard InChI is InChI=1S/C18H15BrN2O/c1-2-22-17-12-16(13-6-4-3-5-7-13)20-18(21-17)14-8-10-15(19)11-9-14/h3-12H,2H2,1H3. The molecule has 3 aromatic rings. The van der Waals surface area contributed by atoms with Crippen LogP contribution in [0.25, 0.3) is 22.6 Å². The smallest absolute Gasteiger partial charge is 0.217 e. The Kier molecular flexibility index (Phi) is 4.49. The van der Waals surface area contributed by atoms with Crippen molar-refractivity contribution in [2.24, 2.45) is 0 Å². The summed E-state index contributed by atoms with van der Waals surface area (Å²) >= 11 is 3.44. The fourth-order valence-corrected chi connectivity index (χ4v) is 2.40. The van der Waals surface area contributed by atoms with Crippen LogP contribution in [-0.2, 0) is 0 Å². The predicted molar refractivity (Wildman–Crippen MR) is 91.8 cm³/mol. The van der Waals surface area contributed by atoms with Crippen molar-refractivity contribution in [2.75, 3.05) is 6.61 Å². The van der Waals surface area contributed by atoms with E-state index in [1.807, 2.05) is 67.6 Å². The van der Waals surface area contributed by atoms with E-state index in [1.165, 1.54) is 0 Å². The minimum absolute atomic E-state index is 0.574. The molecule has 1 heterocycles. The number of aromatic nitrogens is 2. The van der Waals surface area contributed by atoms with Gasteiger partial charge in [-0.2, -0.15) is 4.98 Å². The largest absolute Gasteiger partial charge is 0.478 e. The Morgan fingerprint density at radius 3 is 2.32 bits per heavy atom. The van der Waals surface area contributed by atoms with Gasteiger partial charge >= 0.3 is 0 Å². The highest BCUT2D eigenvalue weighted by atomic mass is 79.9. The third-order valence-electron chi connectivity index (χ3n) is 3.17.